The van der Waals surface area contributed by atoms with E-state index in [4.69, 9.17) is 10.5 Å². The first-order valence-corrected chi connectivity index (χ1v) is 7.25. The third-order valence-electron chi connectivity index (χ3n) is 3.64. The number of carbonyl (C=O) groups is 1. The van der Waals surface area contributed by atoms with E-state index in [0.717, 1.165) is 37.7 Å². The molecule has 1 aromatic carbocycles. The number of aryl methyl sites for hydroxylation is 1. The van der Waals surface area contributed by atoms with Gasteiger partial charge in [0.25, 0.3) is 0 Å². The normalized spacial score (nSPS) is 15.0. The molecule has 0 aliphatic carbocycles. The molecule has 1 aliphatic heterocycles. The highest BCUT2D eigenvalue weighted by Crippen LogP contribution is 2.22. The molecule has 0 saturated carbocycles. The predicted molar refractivity (Wildman–Crippen MR) is 82.4 cm³/mol. The number of benzene rings is 1. The van der Waals surface area contributed by atoms with Gasteiger partial charge in [0.1, 0.15) is 0 Å². The van der Waals surface area contributed by atoms with Crippen molar-refractivity contribution < 1.29 is 9.53 Å². The van der Waals surface area contributed by atoms with Crippen LogP contribution >= 0.6 is 0 Å². The van der Waals surface area contributed by atoms with Gasteiger partial charge < -0.3 is 15.4 Å². The van der Waals surface area contributed by atoms with Gasteiger partial charge in [-0.05, 0) is 24.3 Å². The molecule has 2 heterocycles. The second kappa shape index (κ2) is 6.15. The van der Waals surface area contributed by atoms with Crippen molar-refractivity contribution in [3.05, 3.63) is 30.1 Å². The van der Waals surface area contributed by atoms with Gasteiger partial charge >= 0.3 is 0 Å². The van der Waals surface area contributed by atoms with Crippen molar-refractivity contribution in [2.24, 2.45) is 12.8 Å². The van der Waals surface area contributed by atoms with Crippen LogP contribution in [0.1, 0.15) is 5.82 Å². The quantitative estimate of drug-likeness (QED) is 0.880. The molecule has 1 aliphatic rings. The van der Waals surface area contributed by atoms with Crippen LogP contribution in [-0.2, 0) is 23.0 Å². The number of ether oxygens (including phenoxy) is 1. The Balaban J connectivity index is 1.80. The van der Waals surface area contributed by atoms with Gasteiger partial charge in [0, 0.05) is 31.4 Å². The molecule has 7 heteroatoms. The maximum Gasteiger partial charge on any atom is 0.225 e. The number of amides is 1. The highest BCUT2D eigenvalue weighted by molar-refractivity contribution is 5.75. The number of nitrogens with two attached hydrogens (primary N) is 1. The molecule has 0 bridgehead atoms. The lowest BCUT2D eigenvalue weighted by molar-refractivity contribution is -0.117. The Morgan fingerprint density at radius 1 is 1.27 bits per heavy atom. The second-order valence-corrected chi connectivity index (χ2v) is 5.26. The highest BCUT2D eigenvalue weighted by Gasteiger charge is 2.14. The predicted octanol–water partition coefficient (Wildman–Crippen LogP) is 0.347. The first kappa shape index (κ1) is 14.5. The molecule has 22 heavy (non-hydrogen) atoms. The average Bonchev–Trinajstić information content (AvgIpc) is 2.88. The largest absolute Gasteiger partial charge is 0.378 e. The van der Waals surface area contributed by atoms with Gasteiger partial charge in [0.05, 0.1) is 19.6 Å². The Hall–Kier alpha value is -2.41. The Morgan fingerprint density at radius 3 is 2.59 bits per heavy atom. The van der Waals surface area contributed by atoms with E-state index in [1.807, 2.05) is 19.2 Å². The van der Waals surface area contributed by atoms with E-state index in [1.54, 1.807) is 4.68 Å². The summed E-state index contributed by atoms with van der Waals surface area (Å²) < 4.78 is 7.03. The number of carbonyl (C=O) groups excluding carboxylic acids is 1. The van der Waals surface area contributed by atoms with Crippen molar-refractivity contribution in [3.63, 3.8) is 0 Å². The van der Waals surface area contributed by atoms with Gasteiger partial charge in [-0.2, -0.15) is 5.10 Å². The molecule has 3 rings (SSSR count). The molecule has 1 aromatic heterocycles. The summed E-state index contributed by atoms with van der Waals surface area (Å²) >= 11 is 0. The van der Waals surface area contributed by atoms with Gasteiger partial charge in [-0.15, -0.1) is 0 Å². The number of aromatic nitrogens is 3. The number of nitrogens with zero attached hydrogens (tertiary/aromatic N) is 4. The zero-order valence-corrected chi connectivity index (χ0v) is 12.5. The van der Waals surface area contributed by atoms with Crippen LogP contribution in [0.5, 0.6) is 0 Å². The molecule has 0 unspecified atom stereocenters. The van der Waals surface area contributed by atoms with Gasteiger partial charge in [0.15, 0.2) is 11.6 Å². The second-order valence-electron chi connectivity index (χ2n) is 5.26. The summed E-state index contributed by atoms with van der Waals surface area (Å²) in [4.78, 5) is 17.6. The summed E-state index contributed by atoms with van der Waals surface area (Å²) in [7, 11) is 1.81. The summed E-state index contributed by atoms with van der Waals surface area (Å²) in [6.45, 7) is 3.35. The van der Waals surface area contributed by atoms with Gasteiger partial charge in [0.2, 0.25) is 5.91 Å². The fraction of sp³-hybridized carbons (Fsp3) is 0.400. The van der Waals surface area contributed by atoms with Gasteiger partial charge in [-0.25, -0.2) is 9.67 Å². The topological polar surface area (TPSA) is 86.3 Å². The summed E-state index contributed by atoms with van der Waals surface area (Å²) in [5.74, 6) is 0.742. The van der Waals surface area contributed by atoms with E-state index >= 15 is 0 Å². The first-order chi connectivity index (χ1) is 10.6. The minimum atomic E-state index is -0.431. The van der Waals surface area contributed by atoms with Crippen molar-refractivity contribution in [2.75, 3.05) is 31.2 Å². The van der Waals surface area contributed by atoms with E-state index in [-0.39, 0.29) is 6.42 Å². The number of hydrogen-bond acceptors (Lipinski definition) is 5. The summed E-state index contributed by atoms with van der Waals surface area (Å²) in [6, 6.07) is 8.18. The fourth-order valence-electron chi connectivity index (χ4n) is 2.56. The number of morpholine rings is 1. The Labute approximate surface area is 128 Å². The standard InChI is InChI=1S/C15H19N5O2/c1-19-15(17-14(18-19)10-13(16)21)11-2-4-12(5-3-11)20-6-8-22-9-7-20/h2-5H,6-10H2,1H3,(H2,16,21). The molecule has 1 saturated heterocycles. The fourth-order valence-corrected chi connectivity index (χ4v) is 2.56. The Kier molecular flexibility index (Phi) is 4.06. The third kappa shape index (κ3) is 3.09. The maximum absolute atomic E-state index is 11.0. The number of hydrogen-bond donors (Lipinski definition) is 1. The first-order valence-electron chi connectivity index (χ1n) is 7.25. The number of rotatable bonds is 4. The van der Waals surface area contributed by atoms with E-state index in [9.17, 15) is 4.79 Å². The van der Waals surface area contributed by atoms with E-state index in [1.165, 1.54) is 5.69 Å². The third-order valence-corrected chi connectivity index (χ3v) is 3.64. The zero-order chi connectivity index (χ0) is 15.5. The summed E-state index contributed by atoms with van der Waals surface area (Å²) in [5, 5.41) is 4.22. The van der Waals surface area contributed by atoms with Crippen molar-refractivity contribution in [2.45, 2.75) is 6.42 Å². The van der Waals surface area contributed by atoms with Crippen LogP contribution in [0, 0.1) is 0 Å². The number of anilines is 1. The zero-order valence-electron chi connectivity index (χ0n) is 12.5. The molecule has 1 amide bonds. The van der Waals surface area contributed by atoms with Crippen LogP contribution in [0.3, 0.4) is 0 Å². The van der Waals surface area contributed by atoms with Crippen molar-refractivity contribution in [3.8, 4) is 11.4 Å². The molecule has 0 atom stereocenters. The average molecular weight is 301 g/mol. The summed E-state index contributed by atoms with van der Waals surface area (Å²) in [5.41, 5.74) is 7.31. The van der Waals surface area contributed by atoms with Crippen LogP contribution in [0.2, 0.25) is 0 Å². The molecule has 7 nitrogen and oxygen atoms in total. The lowest BCUT2D eigenvalue weighted by Gasteiger charge is -2.28. The minimum absolute atomic E-state index is 0.0553. The van der Waals surface area contributed by atoms with Crippen LogP contribution in [0.4, 0.5) is 5.69 Å². The van der Waals surface area contributed by atoms with Gasteiger partial charge in [-0.3, -0.25) is 4.79 Å². The molecule has 0 radical (unpaired) electrons. The van der Waals surface area contributed by atoms with Gasteiger partial charge in [-0.1, -0.05) is 0 Å². The minimum Gasteiger partial charge on any atom is -0.378 e. The molecular weight excluding hydrogens is 282 g/mol. The van der Waals surface area contributed by atoms with Crippen LogP contribution in [-0.4, -0.2) is 47.0 Å². The molecular formula is C15H19N5O2. The molecule has 2 aromatic rings. The Bertz CT molecular complexity index is 659. The Morgan fingerprint density at radius 2 is 1.95 bits per heavy atom. The van der Waals surface area contributed by atoms with Crippen LogP contribution < -0.4 is 10.6 Å². The number of primary amides is 1. The lowest BCUT2D eigenvalue weighted by Crippen LogP contribution is -2.36. The molecule has 2 N–H and O–H groups in total. The van der Waals surface area contributed by atoms with E-state index in [2.05, 4.69) is 27.1 Å². The maximum atomic E-state index is 11.0. The van der Waals surface area contributed by atoms with Crippen molar-refractivity contribution >= 4 is 11.6 Å². The van der Waals surface area contributed by atoms with E-state index in [0.29, 0.717) is 5.82 Å². The van der Waals surface area contributed by atoms with Crippen molar-refractivity contribution in [1.82, 2.24) is 14.8 Å². The molecule has 0 spiro atoms. The van der Waals surface area contributed by atoms with Crippen molar-refractivity contribution in [1.29, 1.82) is 0 Å². The van der Waals surface area contributed by atoms with Crippen LogP contribution in [0.15, 0.2) is 24.3 Å². The van der Waals surface area contributed by atoms with Crippen LogP contribution in [0.25, 0.3) is 11.4 Å². The summed E-state index contributed by atoms with van der Waals surface area (Å²) in [6.07, 6.45) is 0.0553. The smallest absolute Gasteiger partial charge is 0.225 e. The monoisotopic (exact) mass is 301 g/mol. The SMILES string of the molecule is Cn1nc(CC(N)=O)nc1-c1ccc(N2CCOCC2)cc1. The lowest BCUT2D eigenvalue weighted by atomic mass is 10.1. The molecule has 116 valence electrons. The molecule has 1 fully saturated rings. The van der Waals surface area contributed by atoms with E-state index < -0.39 is 5.91 Å². The highest BCUT2D eigenvalue weighted by atomic mass is 16.5.